The zero-order valence-electron chi connectivity index (χ0n) is 11.1. The molecule has 1 atom stereocenters. The smallest absolute Gasteiger partial charge is 0.119 e. The van der Waals surface area contributed by atoms with Crippen LogP contribution in [0.25, 0.3) is 0 Å². The van der Waals surface area contributed by atoms with Gasteiger partial charge in [0.15, 0.2) is 0 Å². The van der Waals surface area contributed by atoms with Crippen molar-refractivity contribution in [3.8, 4) is 5.75 Å². The summed E-state index contributed by atoms with van der Waals surface area (Å²) < 4.78 is 17.3. The summed E-state index contributed by atoms with van der Waals surface area (Å²) >= 11 is 1.64. The highest BCUT2D eigenvalue weighted by atomic mass is 32.2. The molecule has 1 aromatic heterocycles. The number of benzene rings is 1. The van der Waals surface area contributed by atoms with Crippen LogP contribution in [0.15, 0.2) is 29.6 Å². The average molecular weight is 295 g/mol. The molecule has 0 saturated heterocycles. The quantitative estimate of drug-likeness (QED) is 0.821. The molecule has 0 N–H and O–H groups in total. The average Bonchev–Trinajstić information content (AvgIpc) is 2.86. The van der Waals surface area contributed by atoms with Crippen molar-refractivity contribution in [1.82, 2.24) is 4.98 Å². The number of rotatable bonds is 6. The second-order valence-electron chi connectivity index (χ2n) is 4.17. The van der Waals surface area contributed by atoms with E-state index in [1.165, 1.54) is 0 Å². The molecule has 3 nitrogen and oxygen atoms in total. The third-order valence-electron chi connectivity index (χ3n) is 2.67. The molecule has 5 heteroatoms. The first-order valence-corrected chi connectivity index (χ1v) is 8.49. The Hall–Kier alpha value is -1.20. The number of thiazole rings is 1. The summed E-state index contributed by atoms with van der Waals surface area (Å²) in [6, 6.07) is 7.71. The number of ether oxygens (including phenoxy) is 1. The molecule has 0 spiro atoms. The molecule has 0 saturated carbocycles. The van der Waals surface area contributed by atoms with Crippen molar-refractivity contribution in [2.75, 3.05) is 7.11 Å². The Morgan fingerprint density at radius 2 is 2.21 bits per heavy atom. The maximum absolute atomic E-state index is 12.1. The third kappa shape index (κ3) is 4.14. The van der Waals surface area contributed by atoms with Gasteiger partial charge in [-0.25, -0.2) is 4.98 Å². The van der Waals surface area contributed by atoms with Crippen molar-refractivity contribution in [1.29, 1.82) is 0 Å². The first-order chi connectivity index (χ1) is 9.21. The van der Waals surface area contributed by atoms with Gasteiger partial charge >= 0.3 is 0 Å². The molecule has 1 heterocycles. The first-order valence-electron chi connectivity index (χ1n) is 6.12. The fourth-order valence-electron chi connectivity index (χ4n) is 1.74. The molecule has 2 rings (SSSR count). The van der Waals surface area contributed by atoms with E-state index in [1.54, 1.807) is 18.4 Å². The lowest BCUT2D eigenvalue weighted by Gasteiger charge is -2.04. The molecule has 0 unspecified atom stereocenters. The van der Waals surface area contributed by atoms with Crippen LogP contribution in [-0.4, -0.2) is 16.3 Å². The number of hydrogen-bond acceptors (Lipinski definition) is 4. The summed E-state index contributed by atoms with van der Waals surface area (Å²) in [7, 11) is 0.704. The molecular formula is C14H17NO2S2. The van der Waals surface area contributed by atoms with Crippen LogP contribution in [0.4, 0.5) is 0 Å². The van der Waals surface area contributed by atoms with Crippen LogP contribution >= 0.6 is 11.3 Å². The second-order valence-corrected chi connectivity index (χ2v) is 6.57. The summed E-state index contributed by atoms with van der Waals surface area (Å²) in [5.41, 5.74) is 1.96. The molecule has 1 aromatic carbocycles. The van der Waals surface area contributed by atoms with Crippen molar-refractivity contribution in [3.63, 3.8) is 0 Å². The van der Waals surface area contributed by atoms with Crippen LogP contribution in [0.2, 0.25) is 0 Å². The Kier molecular flexibility index (Phi) is 5.10. The van der Waals surface area contributed by atoms with E-state index in [0.717, 1.165) is 28.4 Å². The van der Waals surface area contributed by atoms with E-state index in [2.05, 4.69) is 11.9 Å². The van der Waals surface area contributed by atoms with Gasteiger partial charge in [0, 0.05) is 21.9 Å². The van der Waals surface area contributed by atoms with Gasteiger partial charge in [-0.1, -0.05) is 19.1 Å². The number of hydrogen-bond donors (Lipinski definition) is 0. The van der Waals surface area contributed by atoms with Gasteiger partial charge in [-0.05, 0) is 24.1 Å². The molecule has 102 valence electrons. The topological polar surface area (TPSA) is 39.2 Å². The number of aromatic nitrogens is 1. The van der Waals surface area contributed by atoms with E-state index in [9.17, 15) is 4.21 Å². The van der Waals surface area contributed by atoms with Crippen LogP contribution in [0.1, 0.15) is 23.2 Å². The Balaban J connectivity index is 1.96. The maximum Gasteiger partial charge on any atom is 0.119 e. The summed E-state index contributed by atoms with van der Waals surface area (Å²) in [6.45, 7) is 2.08. The van der Waals surface area contributed by atoms with Crippen LogP contribution in [0.5, 0.6) is 5.75 Å². The molecule has 0 aliphatic heterocycles. The minimum Gasteiger partial charge on any atom is -0.497 e. The first kappa shape index (κ1) is 14.2. The standard InChI is InChI=1S/C14H17NO2S2/c1-3-14-15-12(8-18-14)10-19(16)9-11-5-4-6-13(7-11)17-2/h4-8H,3,9-10H2,1-2H3/t19-/m0/s1. The molecular weight excluding hydrogens is 278 g/mol. The van der Waals surface area contributed by atoms with Crippen molar-refractivity contribution in [3.05, 3.63) is 45.9 Å². The van der Waals surface area contributed by atoms with E-state index in [4.69, 9.17) is 4.74 Å². The van der Waals surface area contributed by atoms with E-state index < -0.39 is 10.8 Å². The zero-order valence-corrected chi connectivity index (χ0v) is 12.7. The van der Waals surface area contributed by atoms with Crippen LogP contribution in [-0.2, 0) is 28.7 Å². The van der Waals surface area contributed by atoms with Crippen LogP contribution in [0.3, 0.4) is 0 Å². The lowest BCUT2D eigenvalue weighted by molar-refractivity contribution is 0.414. The van der Waals surface area contributed by atoms with Crippen LogP contribution < -0.4 is 4.74 Å². The molecule has 2 aromatic rings. The Morgan fingerprint density at radius 3 is 2.89 bits per heavy atom. The van der Waals surface area contributed by atoms with E-state index in [0.29, 0.717) is 11.5 Å². The maximum atomic E-state index is 12.1. The van der Waals surface area contributed by atoms with Gasteiger partial charge in [0.25, 0.3) is 0 Å². The monoisotopic (exact) mass is 295 g/mol. The minimum atomic E-state index is -0.932. The highest BCUT2D eigenvalue weighted by molar-refractivity contribution is 7.83. The largest absolute Gasteiger partial charge is 0.497 e. The normalized spacial score (nSPS) is 12.3. The zero-order chi connectivity index (χ0) is 13.7. The summed E-state index contributed by atoms with van der Waals surface area (Å²) in [5, 5.41) is 3.11. The highest BCUT2D eigenvalue weighted by Crippen LogP contribution is 2.16. The highest BCUT2D eigenvalue weighted by Gasteiger charge is 2.07. The Labute approximate surface area is 120 Å². The third-order valence-corrected chi connectivity index (χ3v) is 4.99. The number of aryl methyl sites for hydroxylation is 1. The molecule has 0 aliphatic carbocycles. The van der Waals surface area contributed by atoms with E-state index in [1.807, 2.05) is 29.6 Å². The fourth-order valence-corrected chi connectivity index (χ4v) is 3.72. The minimum absolute atomic E-state index is 0.522. The van der Waals surface area contributed by atoms with Gasteiger partial charge in [-0.2, -0.15) is 0 Å². The summed E-state index contributed by atoms with van der Waals surface area (Å²) in [5.74, 6) is 1.86. The van der Waals surface area contributed by atoms with Crippen LogP contribution in [0, 0.1) is 0 Å². The fraction of sp³-hybridized carbons (Fsp3) is 0.357. The van der Waals surface area contributed by atoms with Gasteiger partial charge in [0.2, 0.25) is 0 Å². The predicted octanol–water partition coefficient (Wildman–Crippen LogP) is 3.16. The Bertz CT molecular complexity index is 566. The lowest BCUT2D eigenvalue weighted by atomic mass is 10.2. The SMILES string of the molecule is CCc1nc(C[S@@](=O)Cc2cccc(OC)c2)cs1. The summed E-state index contributed by atoms with van der Waals surface area (Å²) in [6.07, 6.45) is 0.938. The number of nitrogens with zero attached hydrogens (tertiary/aromatic N) is 1. The molecule has 0 fully saturated rings. The molecule has 0 amide bonds. The Morgan fingerprint density at radius 1 is 1.37 bits per heavy atom. The lowest BCUT2D eigenvalue weighted by Crippen LogP contribution is -2.00. The van der Waals surface area contributed by atoms with E-state index in [-0.39, 0.29) is 0 Å². The van der Waals surface area contributed by atoms with Crippen molar-refractivity contribution in [2.45, 2.75) is 24.9 Å². The molecule has 0 bridgehead atoms. The molecule has 0 aliphatic rings. The van der Waals surface area contributed by atoms with Crippen molar-refractivity contribution >= 4 is 22.1 Å². The van der Waals surface area contributed by atoms with Gasteiger partial charge in [-0.15, -0.1) is 11.3 Å². The molecule has 0 radical (unpaired) electrons. The van der Waals surface area contributed by atoms with Crippen molar-refractivity contribution in [2.24, 2.45) is 0 Å². The summed E-state index contributed by atoms with van der Waals surface area (Å²) in [4.78, 5) is 4.44. The molecule has 19 heavy (non-hydrogen) atoms. The number of methoxy groups -OCH3 is 1. The van der Waals surface area contributed by atoms with Gasteiger partial charge in [0.05, 0.1) is 23.6 Å². The van der Waals surface area contributed by atoms with Gasteiger partial charge in [0.1, 0.15) is 5.75 Å². The van der Waals surface area contributed by atoms with Gasteiger partial charge in [-0.3, -0.25) is 4.21 Å². The van der Waals surface area contributed by atoms with Crippen molar-refractivity contribution < 1.29 is 8.95 Å². The van der Waals surface area contributed by atoms with E-state index >= 15 is 0 Å². The second kappa shape index (κ2) is 6.82. The van der Waals surface area contributed by atoms with Gasteiger partial charge < -0.3 is 4.74 Å². The predicted molar refractivity (Wildman–Crippen MR) is 80.0 cm³/mol.